The van der Waals surface area contributed by atoms with Crippen LogP contribution < -0.4 is 4.90 Å². The molecule has 1 heterocycles. The summed E-state index contributed by atoms with van der Waals surface area (Å²) in [5.41, 5.74) is 2.82. The van der Waals surface area contributed by atoms with Crippen LogP contribution in [-0.4, -0.2) is 23.1 Å². The number of amides is 1. The average molecular weight is 380 g/mol. The summed E-state index contributed by atoms with van der Waals surface area (Å²) in [5, 5.41) is 0. The van der Waals surface area contributed by atoms with E-state index in [0.717, 1.165) is 42.6 Å². The van der Waals surface area contributed by atoms with Crippen molar-refractivity contribution >= 4 is 33.3 Å². The van der Waals surface area contributed by atoms with Gasteiger partial charge in [0.2, 0.25) is 5.91 Å². The maximum Gasteiger partial charge on any atom is 0.230 e. The van der Waals surface area contributed by atoms with Gasteiger partial charge >= 0.3 is 0 Å². The second-order valence-electron chi connectivity index (χ2n) is 6.61. The third-order valence-corrected chi connectivity index (χ3v) is 6.17. The van der Waals surface area contributed by atoms with Crippen LogP contribution in [0.15, 0.2) is 18.2 Å². The number of hydrogen-bond acceptors (Lipinski definition) is 2. The topological polar surface area (TPSA) is 37.4 Å². The Bertz CT molecular complexity index is 593. The van der Waals surface area contributed by atoms with E-state index >= 15 is 0 Å². The van der Waals surface area contributed by atoms with Gasteiger partial charge in [0.05, 0.1) is 4.83 Å². The second-order valence-corrected chi connectivity index (χ2v) is 7.59. The zero-order valence-electron chi connectivity index (χ0n) is 14.4. The molecule has 1 aliphatic heterocycles. The van der Waals surface area contributed by atoms with Gasteiger partial charge in [-0.15, -0.1) is 0 Å². The van der Waals surface area contributed by atoms with Crippen LogP contribution in [0.25, 0.3) is 0 Å². The molecule has 1 amide bonds. The minimum Gasteiger partial charge on any atom is -0.312 e. The maximum atomic E-state index is 12.6. The maximum absolute atomic E-state index is 12.6. The summed E-state index contributed by atoms with van der Waals surface area (Å²) in [6, 6.07) is 5.76. The molecule has 0 N–H and O–H groups in total. The number of alkyl halides is 1. The first-order valence-electron chi connectivity index (χ1n) is 8.53. The Kier molecular flexibility index (Phi) is 6.01. The number of hydrogen-bond donors (Lipinski definition) is 0. The molecule has 0 aliphatic carbocycles. The van der Waals surface area contributed by atoms with Crippen molar-refractivity contribution in [2.45, 2.75) is 51.8 Å². The number of fused-ring (bicyclic) bond motifs is 1. The number of nitrogens with zero attached hydrogens (tertiary/aromatic N) is 1. The van der Waals surface area contributed by atoms with Gasteiger partial charge in [-0.2, -0.15) is 0 Å². The lowest BCUT2D eigenvalue weighted by Crippen LogP contribution is -2.34. The van der Waals surface area contributed by atoms with Crippen LogP contribution in [0.5, 0.6) is 0 Å². The van der Waals surface area contributed by atoms with E-state index < -0.39 is 0 Å². The van der Waals surface area contributed by atoms with Gasteiger partial charge in [0.15, 0.2) is 5.78 Å². The second kappa shape index (κ2) is 7.61. The van der Waals surface area contributed by atoms with Crippen molar-refractivity contribution in [3.05, 3.63) is 29.3 Å². The normalized spacial score (nSPS) is 15.2. The molecule has 1 aromatic rings. The number of benzene rings is 1. The molecule has 0 fully saturated rings. The monoisotopic (exact) mass is 379 g/mol. The van der Waals surface area contributed by atoms with Gasteiger partial charge in [-0.1, -0.05) is 43.6 Å². The van der Waals surface area contributed by atoms with Crippen LogP contribution in [0, 0.1) is 11.8 Å². The summed E-state index contributed by atoms with van der Waals surface area (Å²) in [6.07, 6.45) is 2.58. The molecule has 1 unspecified atom stereocenters. The highest BCUT2D eigenvalue weighted by Gasteiger charge is 2.29. The molecule has 2 rings (SSSR count). The van der Waals surface area contributed by atoms with E-state index in [1.807, 2.05) is 36.9 Å². The minimum atomic E-state index is -0.163. The summed E-state index contributed by atoms with van der Waals surface area (Å²) in [7, 11) is 0. The van der Waals surface area contributed by atoms with Gasteiger partial charge in [-0.25, -0.2) is 0 Å². The Morgan fingerprint density at radius 2 is 1.87 bits per heavy atom. The largest absolute Gasteiger partial charge is 0.312 e. The SMILES string of the molecule is CCC(CC)C(=O)N1CCc2cc(C(=O)C(Br)C(C)C)ccc21. The summed E-state index contributed by atoms with van der Waals surface area (Å²) in [5.74, 6) is 0.680. The fraction of sp³-hybridized carbons (Fsp3) is 0.579. The number of halogens is 1. The van der Waals surface area contributed by atoms with Crippen LogP contribution in [0.4, 0.5) is 5.69 Å². The molecular formula is C19H26BrNO2. The third kappa shape index (κ3) is 3.68. The van der Waals surface area contributed by atoms with E-state index in [9.17, 15) is 9.59 Å². The van der Waals surface area contributed by atoms with Gasteiger partial charge in [0, 0.05) is 23.7 Å². The predicted octanol–water partition coefficient (Wildman–Crippen LogP) is 4.61. The Morgan fingerprint density at radius 3 is 2.43 bits per heavy atom. The summed E-state index contributed by atoms with van der Waals surface area (Å²) >= 11 is 3.48. The first kappa shape index (κ1) is 18.2. The molecule has 23 heavy (non-hydrogen) atoms. The van der Waals surface area contributed by atoms with E-state index in [1.54, 1.807) is 0 Å². The van der Waals surface area contributed by atoms with Crippen molar-refractivity contribution in [2.24, 2.45) is 11.8 Å². The number of carbonyl (C=O) groups is 2. The van der Waals surface area contributed by atoms with Crippen molar-refractivity contribution in [3.63, 3.8) is 0 Å². The molecule has 4 heteroatoms. The van der Waals surface area contributed by atoms with Crippen molar-refractivity contribution in [1.82, 2.24) is 0 Å². The number of rotatable bonds is 6. The lowest BCUT2D eigenvalue weighted by Gasteiger charge is -2.22. The van der Waals surface area contributed by atoms with Crippen LogP contribution in [-0.2, 0) is 11.2 Å². The van der Waals surface area contributed by atoms with Crippen LogP contribution in [0.2, 0.25) is 0 Å². The predicted molar refractivity (Wildman–Crippen MR) is 98.5 cm³/mol. The molecule has 0 bridgehead atoms. The summed E-state index contributed by atoms with van der Waals surface area (Å²) in [6.45, 7) is 8.91. The Labute approximate surface area is 147 Å². The van der Waals surface area contributed by atoms with Crippen LogP contribution in [0.3, 0.4) is 0 Å². The molecule has 1 atom stereocenters. The van der Waals surface area contributed by atoms with E-state index in [0.29, 0.717) is 0 Å². The Morgan fingerprint density at radius 1 is 1.22 bits per heavy atom. The molecule has 0 aromatic heterocycles. The zero-order chi connectivity index (χ0) is 17.1. The molecule has 0 saturated carbocycles. The lowest BCUT2D eigenvalue weighted by atomic mass is 9.98. The van der Waals surface area contributed by atoms with Gasteiger partial charge in [0.25, 0.3) is 0 Å². The molecule has 0 saturated heterocycles. The smallest absolute Gasteiger partial charge is 0.230 e. The van der Waals surface area contributed by atoms with E-state index in [1.165, 1.54) is 0 Å². The van der Waals surface area contributed by atoms with Gasteiger partial charge in [-0.3, -0.25) is 9.59 Å². The molecule has 1 aliphatic rings. The molecule has 1 aromatic carbocycles. The van der Waals surface area contributed by atoms with E-state index in [4.69, 9.17) is 0 Å². The number of carbonyl (C=O) groups excluding carboxylic acids is 2. The molecule has 126 valence electrons. The standard InChI is InChI=1S/C19H26BrNO2/c1-5-13(6-2)19(23)21-10-9-14-11-15(7-8-16(14)21)18(22)17(20)12(3)4/h7-8,11-13,17H,5-6,9-10H2,1-4H3. The first-order chi connectivity index (χ1) is 10.9. The van der Waals surface area contributed by atoms with E-state index in [2.05, 4.69) is 29.8 Å². The molecule has 0 spiro atoms. The van der Waals surface area contributed by atoms with Crippen LogP contribution in [0.1, 0.15) is 56.5 Å². The van der Waals surface area contributed by atoms with E-state index in [-0.39, 0.29) is 28.4 Å². The molecule has 0 radical (unpaired) electrons. The van der Waals surface area contributed by atoms with Gasteiger partial charge in [-0.05, 0) is 48.9 Å². The van der Waals surface area contributed by atoms with Crippen molar-refractivity contribution in [3.8, 4) is 0 Å². The number of ketones is 1. The lowest BCUT2D eigenvalue weighted by molar-refractivity contribution is -0.122. The van der Waals surface area contributed by atoms with Crippen molar-refractivity contribution < 1.29 is 9.59 Å². The van der Waals surface area contributed by atoms with Gasteiger partial charge in [0.1, 0.15) is 0 Å². The Hall–Kier alpha value is -1.16. The number of anilines is 1. The minimum absolute atomic E-state index is 0.0927. The number of Topliss-reactive ketones (excluding diaryl/α,β-unsaturated/α-hetero) is 1. The quantitative estimate of drug-likeness (QED) is 0.534. The summed E-state index contributed by atoms with van der Waals surface area (Å²) < 4.78 is 0. The Balaban J connectivity index is 2.24. The fourth-order valence-corrected chi connectivity index (χ4v) is 3.37. The molecular weight excluding hydrogens is 354 g/mol. The molecule has 3 nitrogen and oxygen atoms in total. The average Bonchev–Trinajstić information content (AvgIpc) is 2.97. The fourth-order valence-electron chi connectivity index (χ4n) is 3.10. The third-order valence-electron chi connectivity index (χ3n) is 4.70. The highest BCUT2D eigenvalue weighted by molar-refractivity contribution is 9.10. The summed E-state index contributed by atoms with van der Waals surface area (Å²) in [4.78, 5) is 26.8. The highest BCUT2D eigenvalue weighted by atomic mass is 79.9. The van der Waals surface area contributed by atoms with Gasteiger partial charge < -0.3 is 4.90 Å². The first-order valence-corrected chi connectivity index (χ1v) is 9.44. The van der Waals surface area contributed by atoms with Crippen molar-refractivity contribution in [2.75, 3.05) is 11.4 Å². The van der Waals surface area contributed by atoms with Crippen LogP contribution >= 0.6 is 15.9 Å². The highest BCUT2D eigenvalue weighted by Crippen LogP contribution is 2.32. The van der Waals surface area contributed by atoms with Crippen molar-refractivity contribution in [1.29, 1.82) is 0 Å². The zero-order valence-corrected chi connectivity index (χ0v) is 16.0.